The summed E-state index contributed by atoms with van der Waals surface area (Å²) in [6.45, 7) is 4.96. The van der Waals surface area contributed by atoms with Crippen molar-refractivity contribution >= 4 is 5.91 Å². The number of nitrogens with one attached hydrogen (secondary N) is 1. The molecule has 5 heteroatoms. The van der Waals surface area contributed by atoms with Gasteiger partial charge in [0.15, 0.2) is 0 Å². The molecule has 0 aromatic heterocycles. The van der Waals surface area contributed by atoms with E-state index in [2.05, 4.69) is 23.2 Å². The highest BCUT2D eigenvalue weighted by atomic mass is 16.5. The molecule has 1 aromatic rings. The first-order valence-electron chi connectivity index (χ1n) is 10.4. The zero-order valence-corrected chi connectivity index (χ0v) is 16.8. The van der Waals surface area contributed by atoms with E-state index < -0.39 is 0 Å². The minimum atomic E-state index is 0.127. The molecule has 0 bridgehead atoms. The Bertz CT molecular complexity index is 601. The Morgan fingerprint density at radius 2 is 2.04 bits per heavy atom. The number of carbonyl (C=O) groups is 1. The van der Waals surface area contributed by atoms with Gasteiger partial charge in [0.05, 0.1) is 19.8 Å². The van der Waals surface area contributed by atoms with Crippen molar-refractivity contribution in [2.24, 2.45) is 5.92 Å². The maximum absolute atomic E-state index is 12.8. The number of carbonyl (C=O) groups excluding carboxylic acids is 1. The fraction of sp³-hybridized carbons (Fsp3) is 0.682. The molecule has 150 valence electrons. The van der Waals surface area contributed by atoms with Gasteiger partial charge in [-0.2, -0.15) is 0 Å². The fourth-order valence-corrected chi connectivity index (χ4v) is 4.32. The third-order valence-corrected chi connectivity index (χ3v) is 5.90. The Morgan fingerprint density at radius 3 is 2.78 bits per heavy atom. The molecule has 2 fully saturated rings. The zero-order valence-electron chi connectivity index (χ0n) is 16.8. The van der Waals surface area contributed by atoms with Gasteiger partial charge < -0.3 is 14.8 Å². The van der Waals surface area contributed by atoms with E-state index in [1.54, 1.807) is 7.11 Å². The highest BCUT2D eigenvalue weighted by Gasteiger charge is 2.25. The van der Waals surface area contributed by atoms with Gasteiger partial charge in [-0.15, -0.1) is 0 Å². The Balaban J connectivity index is 1.62. The Labute approximate surface area is 163 Å². The fourth-order valence-electron chi connectivity index (χ4n) is 4.32. The number of para-hydroxylation sites is 1. The number of nitrogens with zero attached hydrogens (tertiary/aromatic N) is 1. The summed E-state index contributed by atoms with van der Waals surface area (Å²) in [5.74, 6) is 1.57. The third kappa shape index (κ3) is 5.94. The van der Waals surface area contributed by atoms with E-state index >= 15 is 0 Å². The zero-order chi connectivity index (χ0) is 19.1. The molecule has 27 heavy (non-hydrogen) atoms. The molecule has 3 rings (SSSR count). The van der Waals surface area contributed by atoms with E-state index in [9.17, 15) is 4.79 Å². The van der Waals surface area contributed by atoms with Gasteiger partial charge in [0.25, 0.3) is 0 Å². The molecule has 1 saturated heterocycles. The lowest BCUT2D eigenvalue weighted by Gasteiger charge is -2.31. The molecule has 1 aromatic carbocycles. The second kappa shape index (κ2) is 10.1. The largest absolute Gasteiger partial charge is 0.496 e. The van der Waals surface area contributed by atoms with Gasteiger partial charge in [-0.25, -0.2) is 0 Å². The van der Waals surface area contributed by atoms with Crippen molar-refractivity contribution in [1.29, 1.82) is 0 Å². The van der Waals surface area contributed by atoms with Gasteiger partial charge in [0.2, 0.25) is 5.91 Å². The first-order chi connectivity index (χ1) is 13.2. The van der Waals surface area contributed by atoms with Crippen LogP contribution in [0.4, 0.5) is 0 Å². The summed E-state index contributed by atoms with van der Waals surface area (Å²) in [6, 6.07) is 8.36. The second-order valence-electron chi connectivity index (χ2n) is 8.05. The van der Waals surface area contributed by atoms with Crippen molar-refractivity contribution in [2.45, 2.75) is 64.1 Å². The third-order valence-electron chi connectivity index (χ3n) is 5.90. The van der Waals surface area contributed by atoms with Crippen LogP contribution in [0, 0.1) is 5.92 Å². The quantitative estimate of drug-likeness (QED) is 0.758. The van der Waals surface area contributed by atoms with Crippen LogP contribution in [0.25, 0.3) is 0 Å². The van der Waals surface area contributed by atoms with Gasteiger partial charge >= 0.3 is 0 Å². The number of hydrogen-bond donors (Lipinski definition) is 1. The van der Waals surface area contributed by atoms with E-state index in [1.165, 1.54) is 19.3 Å². The average Bonchev–Trinajstić information content (AvgIpc) is 3.17. The normalized spacial score (nSPS) is 25.5. The van der Waals surface area contributed by atoms with Crippen molar-refractivity contribution in [1.82, 2.24) is 10.2 Å². The summed E-state index contributed by atoms with van der Waals surface area (Å²) in [6.07, 6.45) is 7.23. The van der Waals surface area contributed by atoms with E-state index in [4.69, 9.17) is 9.47 Å². The summed E-state index contributed by atoms with van der Waals surface area (Å²) in [5.41, 5.74) is 1.11. The molecule has 1 N–H and O–H groups in total. The SMILES string of the molecule is COc1ccccc1CN(CC(=O)NC1CCCCC1C)CC1CCCO1. The molecule has 1 aliphatic carbocycles. The molecule has 1 aliphatic heterocycles. The highest BCUT2D eigenvalue weighted by Crippen LogP contribution is 2.24. The second-order valence-corrected chi connectivity index (χ2v) is 8.05. The lowest BCUT2D eigenvalue weighted by molar-refractivity contribution is -0.124. The van der Waals surface area contributed by atoms with E-state index in [-0.39, 0.29) is 12.0 Å². The molecule has 2 aliphatic rings. The minimum absolute atomic E-state index is 0.127. The molecule has 3 unspecified atom stereocenters. The van der Waals surface area contributed by atoms with Crippen molar-refractivity contribution in [2.75, 3.05) is 26.8 Å². The number of hydrogen-bond acceptors (Lipinski definition) is 4. The molecule has 0 radical (unpaired) electrons. The van der Waals surface area contributed by atoms with Crippen LogP contribution >= 0.6 is 0 Å². The number of benzene rings is 1. The van der Waals surface area contributed by atoms with Gasteiger partial charge in [-0.05, 0) is 37.7 Å². The predicted molar refractivity (Wildman–Crippen MR) is 107 cm³/mol. The average molecular weight is 375 g/mol. The van der Waals surface area contributed by atoms with Crippen LogP contribution in [0.3, 0.4) is 0 Å². The van der Waals surface area contributed by atoms with Crippen molar-refractivity contribution in [3.63, 3.8) is 0 Å². The molecular formula is C22H34N2O3. The first kappa shape index (κ1) is 20.2. The number of methoxy groups -OCH3 is 1. The van der Waals surface area contributed by atoms with Crippen molar-refractivity contribution in [3.8, 4) is 5.75 Å². The lowest BCUT2D eigenvalue weighted by Crippen LogP contribution is -2.46. The van der Waals surface area contributed by atoms with Crippen LogP contribution in [0.5, 0.6) is 5.75 Å². The van der Waals surface area contributed by atoms with E-state index in [1.807, 2.05) is 18.2 Å². The smallest absolute Gasteiger partial charge is 0.234 e. The van der Waals surface area contributed by atoms with Crippen LogP contribution in [0.2, 0.25) is 0 Å². The lowest BCUT2D eigenvalue weighted by atomic mass is 9.86. The summed E-state index contributed by atoms with van der Waals surface area (Å²) in [7, 11) is 1.69. The topological polar surface area (TPSA) is 50.8 Å². The molecular weight excluding hydrogens is 340 g/mol. The minimum Gasteiger partial charge on any atom is -0.496 e. The number of ether oxygens (including phenoxy) is 2. The van der Waals surface area contributed by atoms with E-state index in [0.717, 1.165) is 43.7 Å². The standard InChI is InChI=1S/C22H34N2O3/c1-17-8-3-5-11-20(17)23-22(25)16-24(15-19-10-7-13-27-19)14-18-9-4-6-12-21(18)26-2/h4,6,9,12,17,19-20H,3,5,7-8,10-11,13-16H2,1-2H3,(H,23,25). The molecule has 0 spiro atoms. The monoisotopic (exact) mass is 374 g/mol. The number of amides is 1. The summed E-state index contributed by atoms with van der Waals surface area (Å²) >= 11 is 0. The number of rotatable bonds is 8. The van der Waals surface area contributed by atoms with Crippen LogP contribution in [-0.4, -0.2) is 49.8 Å². The Kier molecular flexibility index (Phi) is 7.53. The summed E-state index contributed by atoms with van der Waals surface area (Å²) in [4.78, 5) is 15.0. The highest BCUT2D eigenvalue weighted by molar-refractivity contribution is 5.78. The summed E-state index contributed by atoms with van der Waals surface area (Å²) in [5, 5.41) is 3.29. The van der Waals surface area contributed by atoms with Gasteiger partial charge in [-0.3, -0.25) is 9.69 Å². The Morgan fingerprint density at radius 1 is 1.22 bits per heavy atom. The van der Waals surface area contributed by atoms with Crippen molar-refractivity contribution < 1.29 is 14.3 Å². The molecule has 5 nitrogen and oxygen atoms in total. The molecule has 1 heterocycles. The van der Waals surface area contributed by atoms with Crippen LogP contribution in [-0.2, 0) is 16.1 Å². The molecule has 1 saturated carbocycles. The van der Waals surface area contributed by atoms with Crippen molar-refractivity contribution in [3.05, 3.63) is 29.8 Å². The van der Waals surface area contributed by atoms with Crippen LogP contribution in [0.1, 0.15) is 51.0 Å². The maximum Gasteiger partial charge on any atom is 0.234 e. The van der Waals surface area contributed by atoms with Gasteiger partial charge in [-0.1, -0.05) is 38.0 Å². The van der Waals surface area contributed by atoms with Crippen LogP contribution < -0.4 is 10.1 Å². The summed E-state index contributed by atoms with van der Waals surface area (Å²) < 4.78 is 11.3. The first-order valence-corrected chi connectivity index (χ1v) is 10.4. The van der Waals surface area contributed by atoms with Crippen LogP contribution in [0.15, 0.2) is 24.3 Å². The predicted octanol–water partition coefficient (Wildman–Crippen LogP) is 3.37. The van der Waals surface area contributed by atoms with Gasteiger partial charge in [0.1, 0.15) is 5.75 Å². The van der Waals surface area contributed by atoms with E-state index in [0.29, 0.717) is 25.0 Å². The molecule has 1 amide bonds. The molecule has 3 atom stereocenters. The van der Waals surface area contributed by atoms with Gasteiger partial charge in [0, 0.05) is 31.3 Å². The maximum atomic E-state index is 12.8. The Hall–Kier alpha value is -1.59.